The molecule has 1 aromatic rings. The van der Waals surface area contributed by atoms with Gasteiger partial charge in [0, 0.05) is 6.42 Å². The predicted molar refractivity (Wildman–Crippen MR) is 78.0 cm³/mol. The van der Waals surface area contributed by atoms with E-state index in [1.54, 1.807) is 0 Å². The number of hydrogen-bond acceptors (Lipinski definition) is 2. The lowest BCUT2D eigenvalue weighted by atomic mass is 9.84. The lowest BCUT2D eigenvalue weighted by molar-refractivity contribution is -0.142. The highest BCUT2D eigenvalue weighted by molar-refractivity contribution is 5.78. The van der Waals surface area contributed by atoms with Crippen LogP contribution >= 0.6 is 0 Å². The molecule has 0 aliphatic carbocycles. The molecular formula is C17H23NO2. The summed E-state index contributed by atoms with van der Waals surface area (Å²) in [5, 5.41) is 10.3. The summed E-state index contributed by atoms with van der Waals surface area (Å²) in [5.74, 6) is 1.14. The maximum absolute atomic E-state index is 12.4. The second kappa shape index (κ2) is 5.21. The Morgan fingerprint density at radius 1 is 1.25 bits per heavy atom. The van der Waals surface area contributed by atoms with Crippen molar-refractivity contribution >= 4 is 5.91 Å². The third-order valence-corrected chi connectivity index (χ3v) is 4.96. The lowest BCUT2D eigenvalue weighted by Crippen LogP contribution is -2.48. The van der Waals surface area contributed by atoms with E-state index in [0.717, 1.165) is 6.42 Å². The van der Waals surface area contributed by atoms with Crippen LogP contribution in [0.4, 0.5) is 0 Å². The van der Waals surface area contributed by atoms with E-state index in [4.69, 9.17) is 0 Å². The van der Waals surface area contributed by atoms with E-state index in [9.17, 15) is 9.90 Å². The third kappa shape index (κ3) is 2.14. The minimum Gasteiger partial charge on any atom is -0.391 e. The van der Waals surface area contributed by atoms with Gasteiger partial charge in [-0.1, -0.05) is 44.2 Å². The number of rotatable bonds is 2. The Kier molecular flexibility index (Phi) is 3.55. The minimum absolute atomic E-state index is 0.00820. The van der Waals surface area contributed by atoms with Crippen molar-refractivity contribution in [2.75, 3.05) is 0 Å². The first-order chi connectivity index (χ1) is 9.59. The van der Waals surface area contributed by atoms with E-state index in [-0.39, 0.29) is 24.1 Å². The molecule has 2 fully saturated rings. The summed E-state index contributed by atoms with van der Waals surface area (Å²) in [6, 6.07) is 10.4. The first kappa shape index (κ1) is 13.6. The van der Waals surface area contributed by atoms with Gasteiger partial charge in [-0.05, 0) is 30.2 Å². The molecule has 0 radical (unpaired) electrons. The molecule has 1 amide bonds. The van der Waals surface area contributed by atoms with Gasteiger partial charge in [-0.15, -0.1) is 0 Å². The van der Waals surface area contributed by atoms with Gasteiger partial charge in [-0.2, -0.15) is 0 Å². The maximum atomic E-state index is 12.4. The van der Waals surface area contributed by atoms with Crippen molar-refractivity contribution in [3.63, 3.8) is 0 Å². The highest BCUT2D eigenvalue weighted by Gasteiger charge is 2.49. The summed E-state index contributed by atoms with van der Waals surface area (Å²) in [7, 11) is 0. The van der Waals surface area contributed by atoms with Crippen molar-refractivity contribution in [1.29, 1.82) is 0 Å². The Morgan fingerprint density at radius 2 is 1.95 bits per heavy atom. The number of hydrogen-bond donors (Lipinski definition) is 1. The second-order valence-electron chi connectivity index (χ2n) is 6.47. The van der Waals surface area contributed by atoms with Crippen LogP contribution in [0.15, 0.2) is 30.3 Å². The molecule has 3 rings (SSSR count). The van der Waals surface area contributed by atoms with Crippen LogP contribution in [0.3, 0.4) is 0 Å². The van der Waals surface area contributed by atoms with Gasteiger partial charge in [0.25, 0.3) is 0 Å². The van der Waals surface area contributed by atoms with Crippen LogP contribution in [0.1, 0.15) is 44.7 Å². The predicted octanol–water partition coefficient (Wildman–Crippen LogP) is 2.76. The van der Waals surface area contributed by atoms with Crippen LogP contribution in [-0.2, 0) is 4.79 Å². The average molecular weight is 273 g/mol. The minimum atomic E-state index is -0.359. The van der Waals surface area contributed by atoms with Crippen molar-refractivity contribution in [3.8, 4) is 0 Å². The van der Waals surface area contributed by atoms with Crippen LogP contribution in [-0.4, -0.2) is 28.1 Å². The Labute approximate surface area is 120 Å². The van der Waals surface area contributed by atoms with Crippen LogP contribution in [0.25, 0.3) is 0 Å². The molecule has 3 heteroatoms. The smallest absolute Gasteiger partial charge is 0.223 e. The molecule has 20 heavy (non-hydrogen) atoms. The fourth-order valence-corrected chi connectivity index (χ4v) is 3.90. The van der Waals surface area contributed by atoms with E-state index < -0.39 is 0 Å². The zero-order valence-corrected chi connectivity index (χ0v) is 12.2. The quantitative estimate of drug-likeness (QED) is 0.900. The summed E-state index contributed by atoms with van der Waals surface area (Å²) >= 11 is 0. The fourth-order valence-electron chi connectivity index (χ4n) is 3.90. The molecule has 1 N–H and O–H groups in total. The number of nitrogens with zero attached hydrogens (tertiary/aromatic N) is 1. The van der Waals surface area contributed by atoms with E-state index in [0.29, 0.717) is 24.7 Å². The summed E-state index contributed by atoms with van der Waals surface area (Å²) < 4.78 is 0. The normalized spacial score (nSPS) is 33.6. The van der Waals surface area contributed by atoms with E-state index in [2.05, 4.69) is 26.0 Å². The zero-order chi connectivity index (χ0) is 14.3. The molecule has 0 bridgehead atoms. The van der Waals surface area contributed by atoms with Crippen molar-refractivity contribution in [2.24, 2.45) is 11.8 Å². The van der Waals surface area contributed by atoms with Crippen molar-refractivity contribution in [3.05, 3.63) is 35.9 Å². The first-order valence-corrected chi connectivity index (χ1v) is 7.63. The molecule has 0 unspecified atom stereocenters. The Hall–Kier alpha value is -1.35. The number of amides is 1. The lowest BCUT2D eigenvalue weighted by Gasteiger charge is -2.38. The highest BCUT2D eigenvalue weighted by Crippen LogP contribution is 2.47. The molecule has 2 heterocycles. The molecule has 0 aromatic heterocycles. The Bertz CT molecular complexity index is 485. The molecule has 3 nitrogen and oxygen atoms in total. The molecule has 0 saturated carbocycles. The van der Waals surface area contributed by atoms with Crippen molar-refractivity contribution in [2.45, 2.75) is 51.3 Å². The second-order valence-corrected chi connectivity index (χ2v) is 6.47. The maximum Gasteiger partial charge on any atom is 0.223 e. The summed E-state index contributed by atoms with van der Waals surface area (Å²) in [6.07, 6.45) is 1.66. The van der Waals surface area contributed by atoms with E-state index >= 15 is 0 Å². The summed E-state index contributed by atoms with van der Waals surface area (Å²) in [5.41, 5.74) is 1.20. The standard InChI is InChI=1S/C17H23NO2/c1-11(2)13-10-14-15(19)8-9-16(20)18(14)17(13)12-6-4-3-5-7-12/h3-7,11,13-15,17,19H,8-10H2,1-2H3/t13-,14-,15-,17-/m0/s1. The van der Waals surface area contributed by atoms with Gasteiger partial charge >= 0.3 is 0 Å². The topological polar surface area (TPSA) is 40.5 Å². The number of fused-ring (bicyclic) bond motifs is 1. The summed E-state index contributed by atoms with van der Waals surface area (Å²) in [4.78, 5) is 14.4. The number of aliphatic hydroxyl groups excluding tert-OH is 1. The van der Waals surface area contributed by atoms with Gasteiger partial charge in [0.05, 0.1) is 18.2 Å². The molecule has 2 aliphatic rings. The first-order valence-electron chi connectivity index (χ1n) is 7.63. The van der Waals surface area contributed by atoms with Crippen LogP contribution < -0.4 is 0 Å². The van der Waals surface area contributed by atoms with Crippen molar-refractivity contribution in [1.82, 2.24) is 4.90 Å². The average Bonchev–Trinajstić information content (AvgIpc) is 2.86. The number of piperidine rings is 1. The monoisotopic (exact) mass is 273 g/mol. The Morgan fingerprint density at radius 3 is 2.60 bits per heavy atom. The van der Waals surface area contributed by atoms with Crippen LogP contribution in [0, 0.1) is 11.8 Å². The number of aliphatic hydroxyl groups is 1. The van der Waals surface area contributed by atoms with Gasteiger partial charge in [-0.25, -0.2) is 0 Å². The molecule has 2 aliphatic heterocycles. The van der Waals surface area contributed by atoms with Gasteiger partial charge in [0.1, 0.15) is 0 Å². The van der Waals surface area contributed by atoms with E-state index in [1.807, 2.05) is 23.1 Å². The molecular weight excluding hydrogens is 250 g/mol. The number of carbonyl (C=O) groups is 1. The van der Waals surface area contributed by atoms with Gasteiger partial charge < -0.3 is 10.0 Å². The molecule has 4 atom stereocenters. The van der Waals surface area contributed by atoms with Crippen LogP contribution in [0.5, 0.6) is 0 Å². The number of carbonyl (C=O) groups excluding carboxylic acids is 1. The van der Waals surface area contributed by atoms with Gasteiger partial charge in [0.2, 0.25) is 5.91 Å². The molecule has 1 aromatic carbocycles. The molecule has 0 spiro atoms. The molecule has 2 saturated heterocycles. The SMILES string of the molecule is CC(C)[C@@H]1C[C@H]2[C@@H](O)CCC(=O)N2[C@H]1c1ccccc1. The highest BCUT2D eigenvalue weighted by atomic mass is 16.3. The fraction of sp³-hybridized carbons (Fsp3) is 0.588. The summed E-state index contributed by atoms with van der Waals surface area (Å²) in [6.45, 7) is 4.44. The largest absolute Gasteiger partial charge is 0.391 e. The van der Waals surface area contributed by atoms with Gasteiger partial charge in [-0.3, -0.25) is 4.79 Å². The Balaban J connectivity index is 2.01. The zero-order valence-electron chi connectivity index (χ0n) is 12.2. The number of benzene rings is 1. The van der Waals surface area contributed by atoms with Crippen LogP contribution in [0.2, 0.25) is 0 Å². The van der Waals surface area contributed by atoms with Crippen molar-refractivity contribution < 1.29 is 9.90 Å². The molecule has 108 valence electrons. The van der Waals surface area contributed by atoms with Gasteiger partial charge in [0.15, 0.2) is 0 Å². The third-order valence-electron chi connectivity index (χ3n) is 4.96. The van der Waals surface area contributed by atoms with E-state index in [1.165, 1.54) is 5.56 Å².